The molecule has 2 unspecified atom stereocenters. The number of aryl methyl sites for hydroxylation is 1. The first kappa shape index (κ1) is 65.9. The highest BCUT2D eigenvalue weighted by Crippen LogP contribution is 2.72. The Kier molecular flexibility index (Phi) is 17.8. The number of thiazole rings is 2. The van der Waals surface area contributed by atoms with Crippen LogP contribution in [-0.2, 0) is 36.9 Å². The van der Waals surface area contributed by atoms with E-state index in [0.29, 0.717) is 68.9 Å². The normalized spacial score (nSPS) is 24.8. The van der Waals surface area contributed by atoms with Gasteiger partial charge in [-0.1, -0.05) is 82.4 Å². The number of aromatic carboxylic acids is 1. The summed E-state index contributed by atoms with van der Waals surface area (Å²) in [6.45, 7) is 23.3. The van der Waals surface area contributed by atoms with Crippen molar-refractivity contribution >= 4 is 85.1 Å². The number of anilines is 4. The lowest BCUT2D eigenvalue weighted by Crippen LogP contribution is -2.64. The molecule has 4 bridgehead atoms. The maximum Gasteiger partial charge on any atom is 0.355 e. The second kappa shape index (κ2) is 25.7. The molecule has 24 heteroatoms. The number of hydrogen-bond acceptors (Lipinski definition) is 18. The van der Waals surface area contributed by atoms with Gasteiger partial charge in [-0.25, -0.2) is 19.7 Å². The fourth-order valence-corrected chi connectivity index (χ4v) is 19.2. The number of para-hydroxylation sites is 1. The zero-order valence-electron chi connectivity index (χ0n) is 56.0. The third kappa shape index (κ3) is 13.5. The number of benzene rings is 2. The average Bonchev–Trinajstić information content (AvgIpc) is 0.980. The number of ether oxygens (including phenoxy) is 1. The minimum atomic E-state index is -1.12. The van der Waals surface area contributed by atoms with Crippen LogP contribution in [0.25, 0.3) is 31.8 Å². The fraction of sp³-hybridized carbons (Fsp3) is 0.535. The third-order valence-corrected chi connectivity index (χ3v) is 22.9. The van der Waals surface area contributed by atoms with Crippen LogP contribution in [0.2, 0.25) is 0 Å². The van der Waals surface area contributed by atoms with Crippen LogP contribution in [0.5, 0.6) is 0 Å². The van der Waals surface area contributed by atoms with Crippen molar-refractivity contribution in [3.63, 3.8) is 0 Å². The van der Waals surface area contributed by atoms with E-state index < -0.39 is 41.4 Å². The SMILES string of the molecule is Cc1ncsc1-c1ccc([C@H](C)NC(=O)[C@@H]2C[C@@H](O)CN2C(=O)[C@@H](NC(=O)CCC(=O)N2CCN(CCOC34CC5(Cn6ncc(-c7ccc(N8CCCc9c8nnc(Nc8nc%10ccccc%10s8)c9C)nc7C(=O)O)c6C)C[C@@](C)(C3)C[C@](C)(C5)C4)CC2)C(C)(C)C)cc1. The molecule has 3 aliphatic heterocycles. The highest BCUT2D eigenvalue weighted by atomic mass is 32.1. The number of β-amino-alcohol motifs (C(OH)–C–C–N with tert-alkyl or cyclic N) is 1. The molecule has 8 atom stereocenters. The zero-order chi connectivity index (χ0) is 66.9. The van der Waals surface area contributed by atoms with Gasteiger partial charge >= 0.3 is 5.97 Å². The summed E-state index contributed by atoms with van der Waals surface area (Å²) in [4.78, 5) is 91.3. The van der Waals surface area contributed by atoms with Crippen molar-refractivity contribution in [2.24, 2.45) is 21.7 Å². The van der Waals surface area contributed by atoms with Crippen molar-refractivity contribution in [1.29, 1.82) is 0 Å². The maximum atomic E-state index is 14.4. The van der Waals surface area contributed by atoms with Crippen molar-refractivity contribution in [2.45, 2.75) is 169 Å². The van der Waals surface area contributed by atoms with E-state index >= 15 is 0 Å². The summed E-state index contributed by atoms with van der Waals surface area (Å²) in [6, 6.07) is 17.4. The van der Waals surface area contributed by atoms with Gasteiger partial charge in [0.25, 0.3) is 0 Å². The van der Waals surface area contributed by atoms with Gasteiger partial charge in [-0.2, -0.15) is 5.10 Å². The molecule has 4 aliphatic carbocycles. The minimum absolute atomic E-state index is 0.0102. The van der Waals surface area contributed by atoms with Gasteiger partial charge in [-0.05, 0) is 136 Å². The van der Waals surface area contributed by atoms with E-state index in [4.69, 9.17) is 24.9 Å². The number of nitrogens with one attached hydrogen (secondary N) is 3. The van der Waals surface area contributed by atoms with Crippen molar-refractivity contribution in [3.05, 3.63) is 106 Å². The van der Waals surface area contributed by atoms with Crippen LogP contribution in [0.15, 0.2) is 72.4 Å². The average molecular weight is 1330 g/mol. The summed E-state index contributed by atoms with van der Waals surface area (Å²) in [5.41, 5.74) is 8.81. The van der Waals surface area contributed by atoms with Crippen LogP contribution >= 0.6 is 22.7 Å². The van der Waals surface area contributed by atoms with E-state index in [1.165, 1.54) is 4.90 Å². The number of nitrogens with zero attached hydrogens (tertiary/aromatic N) is 11. The zero-order valence-corrected chi connectivity index (χ0v) is 57.6. The highest BCUT2D eigenvalue weighted by Gasteiger charge is 2.66. The predicted molar refractivity (Wildman–Crippen MR) is 366 cm³/mol. The quantitative estimate of drug-likeness (QED) is 0.0475. The number of likely N-dealkylation sites (tertiary alicyclic amines) is 1. The number of carboxylic acid groups (broad SMARTS) is 1. The van der Waals surface area contributed by atoms with Gasteiger partial charge in [0.05, 0.1) is 56.8 Å². The summed E-state index contributed by atoms with van der Waals surface area (Å²) in [5.74, 6) is -0.694. The summed E-state index contributed by atoms with van der Waals surface area (Å²) in [5, 5.41) is 46.0. The van der Waals surface area contributed by atoms with Crippen LogP contribution in [0.4, 0.5) is 22.6 Å². The monoisotopic (exact) mass is 1330 g/mol. The Morgan fingerprint density at radius 2 is 1.59 bits per heavy atom. The summed E-state index contributed by atoms with van der Waals surface area (Å²) < 4.78 is 10.4. The Bertz CT molecular complexity index is 4040. The van der Waals surface area contributed by atoms with E-state index in [1.807, 2.05) is 124 Å². The number of aliphatic hydroxyl groups excluding tert-OH is 1. The minimum Gasteiger partial charge on any atom is -0.476 e. The molecule has 7 aliphatic rings. The number of carboxylic acids is 1. The van der Waals surface area contributed by atoms with Gasteiger partial charge in [0, 0.05) is 99.6 Å². The second-order valence-corrected chi connectivity index (χ2v) is 31.7. The molecule has 5 aromatic heterocycles. The predicted octanol–water partition coefficient (Wildman–Crippen LogP) is 10.3. The van der Waals surface area contributed by atoms with E-state index in [9.17, 15) is 34.2 Å². The molecule has 4 amide bonds. The van der Waals surface area contributed by atoms with Gasteiger partial charge in [-0.3, -0.25) is 28.8 Å². The highest BCUT2D eigenvalue weighted by molar-refractivity contribution is 7.22. The topological polar surface area (TPSA) is 266 Å². The Morgan fingerprint density at radius 1 is 0.842 bits per heavy atom. The molecule has 0 radical (unpaired) electrons. The number of piperazine rings is 1. The molecule has 95 heavy (non-hydrogen) atoms. The molecule has 502 valence electrons. The number of amides is 4. The molecule has 8 heterocycles. The van der Waals surface area contributed by atoms with Crippen molar-refractivity contribution in [1.82, 2.24) is 60.3 Å². The molecule has 0 spiro atoms. The maximum absolute atomic E-state index is 14.4. The lowest BCUT2D eigenvalue weighted by Gasteiger charge is -2.69. The van der Waals surface area contributed by atoms with Crippen LogP contribution in [0.3, 0.4) is 0 Å². The number of carbonyl (C=O) groups is 5. The number of hydrogen-bond donors (Lipinski definition) is 5. The summed E-state index contributed by atoms with van der Waals surface area (Å²) >= 11 is 3.13. The lowest BCUT2D eigenvalue weighted by molar-refractivity contribution is -0.249. The van der Waals surface area contributed by atoms with E-state index in [-0.39, 0.29) is 71.2 Å². The first-order chi connectivity index (χ1) is 45.3. The Balaban J connectivity index is 0.593. The first-order valence-corrected chi connectivity index (χ1v) is 35.2. The molecular formula is C71H88N14O8S2. The standard InChI is InChI=1S/C71H88N14O8S2/c1-42-49-13-12-24-83(62(49)80-79-61(42)78-66-75-52-14-10-11-15-54(52)95-66)55-21-20-50(58(76-55)65(91)92)51-32-73-85(45(51)4)40-70-35-68(8)34-69(9,36-70)38-71(37-68,39-70)93-30-29-81-25-27-82(28-26-81)57(88)23-22-56(87)77-60(67(5,6)7)64(90)84-33-48(86)31-53(84)63(89)74-43(2)46-16-18-47(19-17-46)59-44(3)72-41-94-59/h10-11,14-21,32,41,43,48,53,60,86H,12-13,22-31,33-40H2,1-9H3,(H,74,89)(H,77,87)(H,91,92)(H,75,78,79)/t43-,48+,53-,60+,68-,69+,70?,71?/m0/s1. The van der Waals surface area contributed by atoms with E-state index in [1.54, 1.807) is 28.9 Å². The molecule has 22 nitrogen and oxygen atoms in total. The molecule has 2 saturated heterocycles. The van der Waals surface area contributed by atoms with Gasteiger partial charge in [0.2, 0.25) is 23.6 Å². The second-order valence-electron chi connectivity index (χ2n) is 29.8. The Hall–Kier alpha value is -7.77. The number of rotatable bonds is 20. The number of carbonyl (C=O) groups excluding carboxylic acids is 4. The van der Waals surface area contributed by atoms with Gasteiger partial charge < -0.3 is 45.6 Å². The van der Waals surface area contributed by atoms with Crippen molar-refractivity contribution < 1.29 is 38.9 Å². The third-order valence-electron chi connectivity index (χ3n) is 21.0. The summed E-state index contributed by atoms with van der Waals surface area (Å²) in [7, 11) is 0. The molecule has 14 rings (SSSR count). The molecule has 2 aromatic carbocycles. The van der Waals surface area contributed by atoms with Crippen molar-refractivity contribution in [3.8, 4) is 21.6 Å². The fourth-order valence-electron chi connectivity index (χ4n) is 17.5. The number of pyridine rings is 1. The number of aliphatic hydroxyl groups is 1. The number of aromatic nitrogens is 7. The summed E-state index contributed by atoms with van der Waals surface area (Å²) in [6.07, 6.45) is 8.68. The van der Waals surface area contributed by atoms with Crippen LogP contribution in [0, 0.1) is 42.4 Å². The molecule has 5 N–H and O–H groups in total. The lowest BCUT2D eigenvalue weighted by atomic mass is 9.39. The molecule has 6 fully saturated rings. The Labute approximate surface area is 562 Å². The Morgan fingerprint density at radius 3 is 2.29 bits per heavy atom. The first-order valence-electron chi connectivity index (χ1n) is 33.5. The van der Waals surface area contributed by atoms with Crippen LogP contribution in [-0.4, -0.2) is 166 Å². The van der Waals surface area contributed by atoms with Crippen molar-refractivity contribution in [2.75, 3.05) is 62.6 Å². The number of fused-ring (bicyclic) bond motifs is 2. The largest absolute Gasteiger partial charge is 0.476 e. The molecule has 4 saturated carbocycles. The van der Waals surface area contributed by atoms with Gasteiger partial charge in [0.1, 0.15) is 17.9 Å². The smallest absolute Gasteiger partial charge is 0.355 e. The van der Waals surface area contributed by atoms with E-state index in [2.05, 4.69) is 49.5 Å². The molecular weight excluding hydrogens is 1240 g/mol. The van der Waals surface area contributed by atoms with Crippen LogP contribution < -0.4 is 20.9 Å². The van der Waals surface area contributed by atoms with Gasteiger partial charge in [0.15, 0.2) is 22.5 Å². The van der Waals surface area contributed by atoms with Gasteiger partial charge in [-0.15, -0.1) is 21.5 Å². The molecule has 7 aromatic rings. The van der Waals surface area contributed by atoms with E-state index in [0.717, 1.165) is 117 Å². The van der Waals surface area contributed by atoms with Crippen LogP contribution in [0.1, 0.15) is 150 Å².